The van der Waals surface area contributed by atoms with E-state index in [-0.39, 0.29) is 18.9 Å². The Hall–Kier alpha value is -4.18. The standard InChI is InChI=1S/C30H26F3N3O3S/c31-30(32,33)24-11-8-21(9-12-24)26-17-35-29(40-26)36(25-13-10-20-2-1-3-23(20)16-25)18-19-4-6-22(7-5-19)28(39)34-15-14-27(37)38/h4-13,16-17H,1-3,14-15,18H2,(H,34,39)(H,37,38). The molecule has 1 amide bonds. The van der Waals surface area contributed by atoms with Crippen molar-refractivity contribution in [1.82, 2.24) is 10.3 Å². The lowest BCUT2D eigenvalue weighted by Gasteiger charge is -2.23. The van der Waals surface area contributed by atoms with E-state index in [9.17, 15) is 22.8 Å². The van der Waals surface area contributed by atoms with Crippen molar-refractivity contribution in [2.75, 3.05) is 11.4 Å². The average molecular weight is 566 g/mol. The van der Waals surface area contributed by atoms with Crippen LogP contribution in [0.15, 0.2) is 72.9 Å². The third kappa shape index (κ3) is 6.34. The number of aryl methyl sites for hydroxylation is 2. The maximum absolute atomic E-state index is 13.0. The molecule has 0 spiro atoms. The van der Waals surface area contributed by atoms with Crippen LogP contribution in [0.1, 0.15) is 45.5 Å². The Balaban J connectivity index is 1.40. The Morgan fingerprint density at radius 2 is 1.70 bits per heavy atom. The molecule has 0 aliphatic heterocycles. The van der Waals surface area contributed by atoms with Crippen LogP contribution in [0.4, 0.5) is 24.0 Å². The van der Waals surface area contributed by atoms with Crippen LogP contribution in [0.3, 0.4) is 0 Å². The van der Waals surface area contributed by atoms with Crippen molar-refractivity contribution >= 4 is 34.0 Å². The number of fused-ring (bicyclic) bond motifs is 1. The molecule has 1 heterocycles. The van der Waals surface area contributed by atoms with Crippen LogP contribution in [0.2, 0.25) is 0 Å². The van der Waals surface area contributed by atoms with Gasteiger partial charge in [-0.3, -0.25) is 9.59 Å². The number of hydrogen-bond acceptors (Lipinski definition) is 5. The van der Waals surface area contributed by atoms with Gasteiger partial charge in [-0.1, -0.05) is 41.7 Å². The number of aromatic nitrogens is 1. The van der Waals surface area contributed by atoms with E-state index in [2.05, 4.69) is 33.4 Å². The number of rotatable bonds is 9. The maximum atomic E-state index is 13.0. The summed E-state index contributed by atoms with van der Waals surface area (Å²) in [6.07, 6.45) is 0.314. The highest BCUT2D eigenvalue weighted by atomic mass is 32.1. The van der Waals surface area contributed by atoms with Gasteiger partial charge in [0.15, 0.2) is 5.13 Å². The van der Waals surface area contributed by atoms with Crippen molar-refractivity contribution in [3.8, 4) is 10.4 Å². The molecule has 206 valence electrons. The number of carbonyl (C=O) groups excluding carboxylic acids is 1. The largest absolute Gasteiger partial charge is 0.481 e. The highest BCUT2D eigenvalue weighted by Crippen LogP contribution is 2.38. The number of hydrogen-bond donors (Lipinski definition) is 2. The summed E-state index contributed by atoms with van der Waals surface area (Å²) in [7, 11) is 0. The van der Waals surface area contributed by atoms with E-state index in [1.54, 1.807) is 18.3 Å². The molecule has 1 aliphatic carbocycles. The molecule has 0 unspecified atom stereocenters. The molecular formula is C30H26F3N3O3S. The number of amides is 1. The highest BCUT2D eigenvalue weighted by Gasteiger charge is 2.30. The van der Waals surface area contributed by atoms with E-state index in [1.165, 1.54) is 34.6 Å². The predicted octanol–water partition coefficient (Wildman–Crippen LogP) is 6.86. The third-order valence-corrected chi connectivity index (χ3v) is 7.87. The van der Waals surface area contributed by atoms with Gasteiger partial charge < -0.3 is 15.3 Å². The smallest absolute Gasteiger partial charge is 0.416 e. The number of thiazole rings is 1. The zero-order valence-corrected chi connectivity index (χ0v) is 22.2. The van der Waals surface area contributed by atoms with Crippen molar-refractivity contribution in [1.29, 1.82) is 0 Å². The lowest BCUT2D eigenvalue weighted by atomic mass is 10.1. The molecule has 10 heteroatoms. The lowest BCUT2D eigenvalue weighted by molar-refractivity contribution is -0.138. The molecule has 3 aromatic carbocycles. The summed E-state index contributed by atoms with van der Waals surface area (Å²) < 4.78 is 39.0. The number of nitrogens with one attached hydrogen (secondary N) is 1. The van der Waals surface area contributed by atoms with Crippen LogP contribution in [0.25, 0.3) is 10.4 Å². The first-order chi connectivity index (χ1) is 19.2. The number of anilines is 2. The van der Waals surface area contributed by atoms with E-state index in [1.807, 2.05) is 12.1 Å². The number of aliphatic carboxylic acids is 1. The Kier molecular flexibility index (Phi) is 7.88. The molecule has 1 aliphatic rings. The van der Waals surface area contributed by atoms with Crippen LogP contribution < -0.4 is 10.2 Å². The number of carboxylic acids is 1. The SMILES string of the molecule is O=C(O)CCNC(=O)c1ccc(CN(c2ccc3c(c2)CCC3)c2ncc(-c3ccc(C(F)(F)F)cc3)s2)cc1. The zero-order chi connectivity index (χ0) is 28.3. The summed E-state index contributed by atoms with van der Waals surface area (Å²) in [5.74, 6) is -1.32. The van der Waals surface area contributed by atoms with Gasteiger partial charge in [-0.2, -0.15) is 13.2 Å². The molecular weight excluding hydrogens is 539 g/mol. The van der Waals surface area contributed by atoms with Crippen LogP contribution in [-0.4, -0.2) is 28.5 Å². The van der Waals surface area contributed by atoms with Gasteiger partial charge in [0.2, 0.25) is 0 Å². The second-order valence-corrected chi connectivity index (χ2v) is 10.6. The maximum Gasteiger partial charge on any atom is 0.416 e. The van der Waals surface area contributed by atoms with E-state index in [0.717, 1.165) is 47.5 Å². The predicted molar refractivity (Wildman–Crippen MR) is 148 cm³/mol. The number of benzene rings is 3. The molecule has 6 nitrogen and oxygen atoms in total. The van der Waals surface area contributed by atoms with Gasteiger partial charge in [-0.25, -0.2) is 4.98 Å². The Morgan fingerprint density at radius 1 is 0.975 bits per heavy atom. The van der Waals surface area contributed by atoms with Gasteiger partial charge in [0.1, 0.15) is 0 Å². The molecule has 0 saturated carbocycles. The summed E-state index contributed by atoms with van der Waals surface area (Å²) in [6.45, 7) is 0.507. The van der Waals surface area contributed by atoms with Crippen molar-refractivity contribution < 1.29 is 27.9 Å². The molecule has 4 aromatic rings. The van der Waals surface area contributed by atoms with Crippen LogP contribution >= 0.6 is 11.3 Å². The first-order valence-electron chi connectivity index (χ1n) is 12.8. The molecule has 0 saturated heterocycles. The minimum atomic E-state index is -4.39. The number of nitrogens with zero attached hydrogens (tertiary/aromatic N) is 2. The summed E-state index contributed by atoms with van der Waals surface area (Å²) in [4.78, 5) is 30.5. The van der Waals surface area contributed by atoms with Gasteiger partial charge in [-0.15, -0.1) is 0 Å². The fourth-order valence-corrected chi connectivity index (χ4v) is 5.61. The highest BCUT2D eigenvalue weighted by molar-refractivity contribution is 7.19. The quantitative estimate of drug-likeness (QED) is 0.232. The number of halogens is 3. The van der Waals surface area contributed by atoms with Crippen molar-refractivity contribution in [3.05, 3.63) is 101 Å². The summed E-state index contributed by atoms with van der Waals surface area (Å²) in [6, 6.07) is 18.5. The lowest BCUT2D eigenvalue weighted by Crippen LogP contribution is -2.26. The molecule has 0 fully saturated rings. The van der Waals surface area contributed by atoms with Gasteiger partial charge in [-0.05, 0) is 77.9 Å². The van der Waals surface area contributed by atoms with Crippen molar-refractivity contribution in [2.24, 2.45) is 0 Å². The molecule has 0 bridgehead atoms. The zero-order valence-electron chi connectivity index (χ0n) is 21.4. The second-order valence-electron chi connectivity index (χ2n) is 9.57. The Labute approximate surface area is 233 Å². The van der Waals surface area contributed by atoms with Crippen LogP contribution in [0, 0.1) is 0 Å². The third-order valence-electron chi connectivity index (χ3n) is 6.80. The minimum Gasteiger partial charge on any atom is -0.481 e. The fraction of sp³-hybridized carbons (Fsp3) is 0.233. The minimum absolute atomic E-state index is 0.0489. The number of alkyl halides is 3. The van der Waals surface area contributed by atoms with Gasteiger partial charge in [0.05, 0.1) is 23.4 Å². The first kappa shape index (κ1) is 27.4. The molecule has 0 radical (unpaired) electrons. The average Bonchev–Trinajstić information content (AvgIpc) is 3.61. The molecule has 1 aromatic heterocycles. The topological polar surface area (TPSA) is 82.5 Å². The number of carboxylic acid groups (broad SMARTS) is 1. The summed E-state index contributed by atoms with van der Waals surface area (Å²) >= 11 is 1.40. The number of carbonyl (C=O) groups is 2. The van der Waals surface area contributed by atoms with Gasteiger partial charge in [0, 0.05) is 24.0 Å². The van der Waals surface area contributed by atoms with Crippen LogP contribution in [-0.2, 0) is 30.4 Å². The van der Waals surface area contributed by atoms with Crippen molar-refractivity contribution in [2.45, 2.75) is 38.4 Å². The normalized spacial score (nSPS) is 12.7. The van der Waals surface area contributed by atoms with E-state index in [4.69, 9.17) is 5.11 Å². The van der Waals surface area contributed by atoms with E-state index in [0.29, 0.717) is 22.8 Å². The van der Waals surface area contributed by atoms with Gasteiger partial charge in [0.25, 0.3) is 5.91 Å². The fourth-order valence-electron chi connectivity index (χ4n) is 4.67. The molecule has 2 N–H and O–H groups in total. The van der Waals surface area contributed by atoms with Crippen LogP contribution in [0.5, 0.6) is 0 Å². The van der Waals surface area contributed by atoms with Crippen molar-refractivity contribution in [3.63, 3.8) is 0 Å². The molecule has 40 heavy (non-hydrogen) atoms. The van der Waals surface area contributed by atoms with E-state index < -0.39 is 17.7 Å². The summed E-state index contributed by atoms with van der Waals surface area (Å²) in [5.41, 5.74) is 4.92. The molecule has 5 rings (SSSR count). The Morgan fingerprint density at radius 3 is 2.40 bits per heavy atom. The Bertz CT molecular complexity index is 1520. The summed E-state index contributed by atoms with van der Waals surface area (Å²) in [5, 5.41) is 12.1. The molecule has 0 atom stereocenters. The van der Waals surface area contributed by atoms with Gasteiger partial charge >= 0.3 is 12.1 Å². The monoisotopic (exact) mass is 565 g/mol. The van der Waals surface area contributed by atoms with E-state index >= 15 is 0 Å². The first-order valence-corrected chi connectivity index (χ1v) is 13.6. The second kappa shape index (κ2) is 11.5.